The fraction of sp³-hybridized carbons (Fsp3) is 0.769. The lowest BCUT2D eigenvalue weighted by Crippen LogP contribution is -2.38. The van der Waals surface area contributed by atoms with Crippen LogP contribution in [0.3, 0.4) is 0 Å². The normalized spacial score (nSPS) is 19.9. The standard InChI is InChI=1S/C13H23N3/c1-4-10-11(5-2)16-12(15-10)13(3)6-8-14-9-7-13/h14H,4-9H2,1-3H3,(H,15,16). The van der Waals surface area contributed by atoms with Gasteiger partial charge in [-0.1, -0.05) is 20.8 Å². The zero-order valence-electron chi connectivity index (χ0n) is 10.7. The molecule has 0 radical (unpaired) electrons. The summed E-state index contributed by atoms with van der Waals surface area (Å²) < 4.78 is 0. The smallest absolute Gasteiger partial charge is 0.112 e. The number of hydrogen-bond acceptors (Lipinski definition) is 2. The highest BCUT2D eigenvalue weighted by Crippen LogP contribution is 2.31. The summed E-state index contributed by atoms with van der Waals surface area (Å²) in [6.45, 7) is 8.94. The van der Waals surface area contributed by atoms with E-state index < -0.39 is 0 Å². The first kappa shape index (κ1) is 11.6. The van der Waals surface area contributed by atoms with Crippen LogP contribution in [0.25, 0.3) is 0 Å². The lowest BCUT2D eigenvalue weighted by molar-refractivity contribution is 0.320. The summed E-state index contributed by atoms with van der Waals surface area (Å²) in [6, 6.07) is 0. The lowest BCUT2D eigenvalue weighted by atomic mass is 9.80. The molecular weight excluding hydrogens is 198 g/mol. The van der Waals surface area contributed by atoms with Crippen molar-refractivity contribution in [3.63, 3.8) is 0 Å². The van der Waals surface area contributed by atoms with Crippen LogP contribution in [0.2, 0.25) is 0 Å². The SMILES string of the molecule is CCc1nc(C2(C)CCNCC2)[nH]c1CC. The molecule has 0 bridgehead atoms. The van der Waals surface area contributed by atoms with Gasteiger partial charge in [0.1, 0.15) is 5.82 Å². The maximum atomic E-state index is 4.81. The predicted octanol–water partition coefficient (Wildman–Crippen LogP) is 2.18. The van der Waals surface area contributed by atoms with Gasteiger partial charge in [-0.05, 0) is 38.8 Å². The predicted molar refractivity (Wildman–Crippen MR) is 66.8 cm³/mol. The number of aromatic nitrogens is 2. The van der Waals surface area contributed by atoms with Crippen LogP contribution in [-0.4, -0.2) is 23.1 Å². The van der Waals surface area contributed by atoms with E-state index in [2.05, 4.69) is 31.1 Å². The number of rotatable bonds is 3. The largest absolute Gasteiger partial charge is 0.345 e. The molecule has 1 aliphatic heterocycles. The summed E-state index contributed by atoms with van der Waals surface area (Å²) in [5.74, 6) is 1.21. The Balaban J connectivity index is 2.28. The molecule has 3 heteroatoms. The third-order valence-electron chi connectivity index (χ3n) is 3.83. The fourth-order valence-electron chi connectivity index (χ4n) is 2.53. The Kier molecular flexibility index (Phi) is 3.33. The van der Waals surface area contributed by atoms with Crippen molar-refractivity contribution in [3.05, 3.63) is 17.2 Å². The van der Waals surface area contributed by atoms with Gasteiger partial charge in [0, 0.05) is 11.1 Å². The molecule has 2 heterocycles. The molecule has 1 aromatic rings. The Morgan fingerprint density at radius 2 is 1.88 bits per heavy atom. The highest BCUT2D eigenvalue weighted by Gasteiger charge is 2.32. The Labute approximate surface area is 98.1 Å². The number of H-pyrrole nitrogens is 1. The summed E-state index contributed by atoms with van der Waals surface area (Å²) in [7, 11) is 0. The van der Waals surface area contributed by atoms with Crippen LogP contribution in [0.4, 0.5) is 0 Å². The van der Waals surface area contributed by atoms with Crippen LogP contribution in [-0.2, 0) is 18.3 Å². The zero-order chi connectivity index (χ0) is 11.6. The molecule has 1 aliphatic rings. The van der Waals surface area contributed by atoms with Gasteiger partial charge in [-0.2, -0.15) is 0 Å². The van der Waals surface area contributed by atoms with E-state index in [0.717, 1.165) is 25.9 Å². The van der Waals surface area contributed by atoms with E-state index in [0.29, 0.717) is 0 Å². The monoisotopic (exact) mass is 221 g/mol. The molecule has 0 saturated carbocycles. The molecular formula is C13H23N3. The Hall–Kier alpha value is -0.830. The summed E-state index contributed by atoms with van der Waals surface area (Å²) in [5.41, 5.74) is 2.84. The average molecular weight is 221 g/mol. The van der Waals surface area contributed by atoms with Crippen molar-refractivity contribution >= 4 is 0 Å². The van der Waals surface area contributed by atoms with Gasteiger partial charge >= 0.3 is 0 Å². The molecule has 3 nitrogen and oxygen atoms in total. The topological polar surface area (TPSA) is 40.7 Å². The highest BCUT2D eigenvalue weighted by atomic mass is 15.0. The van der Waals surface area contributed by atoms with Crippen molar-refractivity contribution in [2.75, 3.05) is 13.1 Å². The van der Waals surface area contributed by atoms with E-state index in [4.69, 9.17) is 4.98 Å². The number of piperidine rings is 1. The van der Waals surface area contributed by atoms with Crippen molar-refractivity contribution in [1.82, 2.24) is 15.3 Å². The van der Waals surface area contributed by atoms with Gasteiger partial charge in [0.25, 0.3) is 0 Å². The molecule has 1 aromatic heterocycles. The first-order valence-corrected chi connectivity index (χ1v) is 6.48. The van der Waals surface area contributed by atoms with E-state index in [1.807, 2.05) is 0 Å². The number of hydrogen-bond donors (Lipinski definition) is 2. The number of nitrogens with zero attached hydrogens (tertiary/aromatic N) is 1. The van der Waals surface area contributed by atoms with Gasteiger partial charge < -0.3 is 10.3 Å². The first-order chi connectivity index (χ1) is 7.69. The minimum atomic E-state index is 0.253. The first-order valence-electron chi connectivity index (χ1n) is 6.48. The number of aryl methyl sites for hydroxylation is 2. The lowest BCUT2D eigenvalue weighted by Gasteiger charge is -2.32. The maximum Gasteiger partial charge on any atom is 0.112 e. The third-order valence-corrected chi connectivity index (χ3v) is 3.83. The summed E-state index contributed by atoms with van der Waals surface area (Å²) >= 11 is 0. The van der Waals surface area contributed by atoms with Crippen LogP contribution in [0.1, 0.15) is 50.8 Å². The average Bonchev–Trinajstić information content (AvgIpc) is 2.73. The molecule has 0 spiro atoms. The van der Waals surface area contributed by atoms with E-state index in [1.165, 1.54) is 30.1 Å². The maximum absolute atomic E-state index is 4.81. The van der Waals surface area contributed by atoms with Crippen molar-refractivity contribution < 1.29 is 0 Å². The van der Waals surface area contributed by atoms with Gasteiger partial charge in [0.05, 0.1) is 5.69 Å². The van der Waals surface area contributed by atoms with Crippen molar-refractivity contribution in [2.45, 2.75) is 51.9 Å². The van der Waals surface area contributed by atoms with Crippen molar-refractivity contribution in [3.8, 4) is 0 Å². The van der Waals surface area contributed by atoms with Crippen LogP contribution >= 0.6 is 0 Å². The van der Waals surface area contributed by atoms with Crippen molar-refractivity contribution in [2.24, 2.45) is 0 Å². The van der Waals surface area contributed by atoms with Crippen LogP contribution < -0.4 is 5.32 Å². The number of nitrogens with one attached hydrogen (secondary N) is 2. The zero-order valence-corrected chi connectivity index (χ0v) is 10.7. The molecule has 1 saturated heterocycles. The fourth-order valence-corrected chi connectivity index (χ4v) is 2.53. The number of imidazole rings is 1. The second-order valence-electron chi connectivity index (χ2n) is 5.03. The Morgan fingerprint density at radius 3 is 2.38 bits per heavy atom. The van der Waals surface area contributed by atoms with Crippen LogP contribution in [0.5, 0.6) is 0 Å². The van der Waals surface area contributed by atoms with Crippen LogP contribution in [0, 0.1) is 0 Å². The van der Waals surface area contributed by atoms with Gasteiger partial charge in [0.15, 0.2) is 0 Å². The molecule has 16 heavy (non-hydrogen) atoms. The van der Waals surface area contributed by atoms with Crippen molar-refractivity contribution in [1.29, 1.82) is 0 Å². The molecule has 0 aromatic carbocycles. The highest BCUT2D eigenvalue weighted by molar-refractivity contribution is 5.20. The van der Waals surface area contributed by atoms with E-state index in [-0.39, 0.29) is 5.41 Å². The van der Waals surface area contributed by atoms with Gasteiger partial charge in [-0.25, -0.2) is 4.98 Å². The Bertz CT molecular complexity index is 327. The molecule has 2 N–H and O–H groups in total. The summed E-state index contributed by atoms with van der Waals surface area (Å²) in [4.78, 5) is 8.37. The minimum Gasteiger partial charge on any atom is -0.345 e. The third kappa shape index (κ3) is 2.01. The van der Waals surface area contributed by atoms with Gasteiger partial charge in [-0.3, -0.25) is 0 Å². The summed E-state index contributed by atoms with van der Waals surface area (Å²) in [6.07, 6.45) is 4.47. The number of aromatic amines is 1. The molecule has 0 unspecified atom stereocenters. The quantitative estimate of drug-likeness (QED) is 0.821. The molecule has 0 amide bonds. The van der Waals surface area contributed by atoms with E-state index in [1.54, 1.807) is 0 Å². The Morgan fingerprint density at radius 1 is 1.19 bits per heavy atom. The van der Waals surface area contributed by atoms with Gasteiger partial charge in [0.2, 0.25) is 0 Å². The summed E-state index contributed by atoms with van der Waals surface area (Å²) in [5, 5.41) is 3.42. The molecule has 0 aliphatic carbocycles. The molecule has 0 atom stereocenters. The van der Waals surface area contributed by atoms with Gasteiger partial charge in [-0.15, -0.1) is 0 Å². The second-order valence-corrected chi connectivity index (χ2v) is 5.03. The van der Waals surface area contributed by atoms with Crippen LogP contribution in [0.15, 0.2) is 0 Å². The molecule has 90 valence electrons. The molecule has 2 rings (SSSR count). The van der Waals surface area contributed by atoms with E-state index in [9.17, 15) is 0 Å². The minimum absolute atomic E-state index is 0.253. The van der Waals surface area contributed by atoms with E-state index >= 15 is 0 Å². The second kappa shape index (κ2) is 4.58. The molecule has 1 fully saturated rings.